The van der Waals surface area contributed by atoms with E-state index in [1.165, 1.54) is 25.3 Å². The topological polar surface area (TPSA) is 55.8 Å². The summed E-state index contributed by atoms with van der Waals surface area (Å²) in [5.74, 6) is -0.777. The highest BCUT2D eigenvalue weighted by Crippen LogP contribution is 2.19. The summed E-state index contributed by atoms with van der Waals surface area (Å²) in [5.41, 5.74) is 0.563. The van der Waals surface area contributed by atoms with Crippen molar-refractivity contribution in [3.05, 3.63) is 29.6 Å². The van der Waals surface area contributed by atoms with E-state index < -0.39 is 5.97 Å². The SMILES string of the molecule is COc1ccc(F)cc1COCCC(=O)O. The molecule has 0 saturated carbocycles. The number of halogens is 1. The molecule has 1 rings (SSSR count). The maximum atomic E-state index is 12.9. The molecule has 1 N–H and O–H groups in total. The number of carboxylic acids is 1. The van der Waals surface area contributed by atoms with Crippen molar-refractivity contribution >= 4 is 5.97 Å². The van der Waals surface area contributed by atoms with Gasteiger partial charge in [-0.15, -0.1) is 0 Å². The molecule has 0 aromatic heterocycles. The summed E-state index contributed by atoms with van der Waals surface area (Å²) in [6.07, 6.45) is -0.0718. The second kappa shape index (κ2) is 6.07. The molecule has 1 aromatic rings. The zero-order chi connectivity index (χ0) is 12.0. The van der Waals surface area contributed by atoms with Crippen LogP contribution in [0.15, 0.2) is 18.2 Å². The van der Waals surface area contributed by atoms with Gasteiger partial charge in [0.1, 0.15) is 11.6 Å². The predicted molar refractivity (Wildman–Crippen MR) is 54.9 cm³/mol. The Bertz CT molecular complexity index is 365. The van der Waals surface area contributed by atoms with Gasteiger partial charge in [0, 0.05) is 5.56 Å². The molecule has 0 spiro atoms. The van der Waals surface area contributed by atoms with E-state index >= 15 is 0 Å². The summed E-state index contributed by atoms with van der Waals surface area (Å²) in [5, 5.41) is 8.39. The first-order chi connectivity index (χ1) is 7.63. The van der Waals surface area contributed by atoms with Gasteiger partial charge >= 0.3 is 5.97 Å². The van der Waals surface area contributed by atoms with Crippen molar-refractivity contribution in [2.45, 2.75) is 13.0 Å². The Morgan fingerprint density at radius 2 is 2.25 bits per heavy atom. The monoisotopic (exact) mass is 228 g/mol. The number of hydrogen-bond donors (Lipinski definition) is 1. The highest BCUT2D eigenvalue weighted by Gasteiger charge is 2.05. The molecule has 88 valence electrons. The zero-order valence-electron chi connectivity index (χ0n) is 8.90. The molecule has 16 heavy (non-hydrogen) atoms. The van der Waals surface area contributed by atoms with Gasteiger partial charge in [-0.3, -0.25) is 4.79 Å². The molecule has 5 heteroatoms. The molecule has 0 aliphatic carbocycles. The average Bonchev–Trinajstić information content (AvgIpc) is 2.24. The van der Waals surface area contributed by atoms with Crippen molar-refractivity contribution in [1.29, 1.82) is 0 Å². The molecule has 0 radical (unpaired) electrons. The molecule has 0 atom stereocenters. The third-order valence-electron chi connectivity index (χ3n) is 1.96. The Labute approximate surface area is 92.6 Å². The quantitative estimate of drug-likeness (QED) is 0.754. The van der Waals surface area contributed by atoms with E-state index in [2.05, 4.69) is 0 Å². The molecule has 0 fully saturated rings. The highest BCUT2D eigenvalue weighted by atomic mass is 19.1. The first kappa shape index (κ1) is 12.4. The number of benzene rings is 1. The molecule has 0 aliphatic rings. The maximum Gasteiger partial charge on any atom is 0.305 e. The number of hydrogen-bond acceptors (Lipinski definition) is 3. The van der Waals surface area contributed by atoms with Crippen LogP contribution < -0.4 is 4.74 Å². The molecular weight excluding hydrogens is 215 g/mol. The van der Waals surface area contributed by atoms with E-state index in [1.807, 2.05) is 0 Å². The first-order valence-electron chi connectivity index (χ1n) is 4.75. The normalized spacial score (nSPS) is 10.1. The lowest BCUT2D eigenvalue weighted by atomic mass is 10.2. The fraction of sp³-hybridized carbons (Fsp3) is 0.364. The zero-order valence-corrected chi connectivity index (χ0v) is 8.90. The molecule has 0 heterocycles. The first-order valence-corrected chi connectivity index (χ1v) is 4.75. The molecule has 0 unspecified atom stereocenters. The lowest BCUT2D eigenvalue weighted by Gasteiger charge is -2.08. The van der Waals surface area contributed by atoms with Crippen LogP contribution in [0.5, 0.6) is 5.75 Å². The summed E-state index contributed by atoms with van der Waals surface area (Å²) >= 11 is 0. The van der Waals surface area contributed by atoms with E-state index in [0.717, 1.165) is 0 Å². The van der Waals surface area contributed by atoms with Crippen LogP contribution in [0.4, 0.5) is 4.39 Å². The van der Waals surface area contributed by atoms with Crippen LogP contribution >= 0.6 is 0 Å². The van der Waals surface area contributed by atoms with Crippen LogP contribution in [0.25, 0.3) is 0 Å². The molecule has 1 aromatic carbocycles. The Hall–Kier alpha value is -1.62. The number of ether oxygens (including phenoxy) is 2. The summed E-state index contributed by atoms with van der Waals surface area (Å²) in [4.78, 5) is 10.2. The van der Waals surface area contributed by atoms with Crippen LogP contribution in [0, 0.1) is 5.82 Å². The minimum atomic E-state index is -0.925. The summed E-state index contributed by atoms with van der Waals surface area (Å²) in [7, 11) is 1.48. The molecule has 0 bridgehead atoms. The van der Waals surface area contributed by atoms with Gasteiger partial charge in [-0.1, -0.05) is 0 Å². The number of methoxy groups -OCH3 is 1. The number of aliphatic carboxylic acids is 1. The van der Waals surface area contributed by atoms with E-state index in [9.17, 15) is 9.18 Å². The Kier molecular flexibility index (Phi) is 4.72. The van der Waals surface area contributed by atoms with E-state index in [-0.39, 0.29) is 25.5 Å². The summed E-state index contributed by atoms with van der Waals surface area (Å²) in [6, 6.07) is 4.10. The Balaban J connectivity index is 2.51. The summed E-state index contributed by atoms with van der Waals surface area (Å²) < 4.78 is 23.0. The van der Waals surface area contributed by atoms with Gasteiger partial charge in [0.2, 0.25) is 0 Å². The fourth-order valence-electron chi connectivity index (χ4n) is 1.20. The van der Waals surface area contributed by atoms with Gasteiger partial charge in [0.05, 0.1) is 26.7 Å². The second-order valence-electron chi connectivity index (χ2n) is 3.15. The van der Waals surface area contributed by atoms with Crippen molar-refractivity contribution in [3.63, 3.8) is 0 Å². The molecule has 4 nitrogen and oxygen atoms in total. The third kappa shape index (κ3) is 3.86. The van der Waals surface area contributed by atoms with E-state index in [1.54, 1.807) is 0 Å². The van der Waals surface area contributed by atoms with Crippen LogP contribution in [0.1, 0.15) is 12.0 Å². The molecule has 0 amide bonds. The lowest BCUT2D eigenvalue weighted by molar-refractivity contribution is -0.138. The minimum absolute atomic E-state index is 0.0718. The standard InChI is InChI=1S/C11H13FO4/c1-15-10-3-2-9(12)6-8(10)7-16-5-4-11(13)14/h2-3,6H,4-5,7H2,1H3,(H,13,14). The van der Waals surface area contributed by atoms with Crippen molar-refractivity contribution in [1.82, 2.24) is 0 Å². The molecule has 0 saturated heterocycles. The smallest absolute Gasteiger partial charge is 0.305 e. The van der Waals surface area contributed by atoms with Gasteiger partial charge in [-0.25, -0.2) is 4.39 Å². The van der Waals surface area contributed by atoms with Gasteiger partial charge in [0.15, 0.2) is 0 Å². The molecular formula is C11H13FO4. The number of carboxylic acid groups (broad SMARTS) is 1. The highest BCUT2D eigenvalue weighted by molar-refractivity contribution is 5.66. The lowest BCUT2D eigenvalue weighted by Crippen LogP contribution is -2.03. The van der Waals surface area contributed by atoms with Gasteiger partial charge in [0.25, 0.3) is 0 Å². The van der Waals surface area contributed by atoms with Gasteiger partial charge in [-0.2, -0.15) is 0 Å². The van der Waals surface area contributed by atoms with Crippen LogP contribution in [0.2, 0.25) is 0 Å². The maximum absolute atomic E-state index is 12.9. The number of carbonyl (C=O) groups is 1. The van der Waals surface area contributed by atoms with Gasteiger partial charge < -0.3 is 14.6 Å². The fourth-order valence-corrected chi connectivity index (χ4v) is 1.20. The van der Waals surface area contributed by atoms with Crippen LogP contribution in [-0.2, 0) is 16.1 Å². The predicted octanol–water partition coefficient (Wildman–Crippen LogP) is 1.83. The van der Waals surface area contributed by atoms with Gasteiger partial charge in [-0.05, 0) is 18.2 Å². The average molecular weight is 228 g/mol. The largest absolute Gasteiger partial charge is 0.496 e. The molecule has 0 aliphatic heterocycles. The third-order valence-corrected chi connectivity index (χ3v) is 1.96. The minimum Gasteiger partial charge on any atom is -0.496 e. The second-order valence-corrected chi connectivity index (χ2v) is 3.15. The van der Waals surface area contributed by atoms with Crippen molar-refractivity contribution in [2.24, 2.45) is 0 Å². The summed E-state index contributed by atoms with van der Waals surface area (Å²) in [6.45, 7) is 0.225. The van der Waals surface area contributed by atoms with Crippen molar-refractivity contribution in [3.8, 4) is 5.75 Å². The van der Waals surface area contributed by atoms with Crippen LogP contribution in [0.3, 0.4) is 0 Å². The number of rotatable bonds is 6. The van der Waals surface area contributed by atoms with Crippen molar-refractivity contribution < 1.29 is 23.8 Å². The van der Waals surface area contributed by atoms with E-state index in [4.69, 9.17) is 14.6 Å². The Morgan fingerprint density at radius 1 is 1.50 bits per heavy atom. The van der Waals surface area contributed by atoms with Crippen LogP contribution in [-0.4, -0.2) is 24.8 Å². The van der Waals surface area contributed by atoms with Crippen molar-refractivity contribution in [2.75, 3.05) is 13.7 Å². The Morgan fingerprint density at radius 3 is 2.88 bits per heavy atom. The van der Waals surface area contributed by atoms with E-state index in [0.29, 0.717) is 11.3 Å².